The molecule has 32 heavy (non-hydrogen) atoms. The number of aliphatic carboxylic acids is 2. The zero-order valence-corrected chi connectivity index (χ0v) is 20.4. The third-order valence-electron chi connectivity index (χ3n) is 5.10. The van der Waals surface area contributed by atoms with Crippen molar-refractivity contribution in [2.45, 2.75) is 91.5 Å². The molecule has 2 rings (SSSR count). The molecule has 0 spiro atoms. The topological polar surface area (TPSA) is 134 Å². The van der Waals surface area contributed by atoms with Crippen LogP contribution in [0.15, 0.2) is 0 Å². The Balaban J connectivity index is 0.000000320. The molecule has 4 atom stereocenters. The number of carboxylic acid groups (broad SMARTS) is 2. The molecule has 2 N–H and O–H groups in total. The first-order valence-corrected chi connectivity index (χ1v) is 10.9. The number of nitrogens with zero attached hydrogens (tertiary/aromatic N) is 2. The van der Waals surface area contributed by atoms with Crippen molar-refractivity contribution < 1.29 is 38.9 Å². The van der Waals surface area contributed by atoms with Gasteiger partial charge in [-0.1, -0.05) is 0 Å². The van der Waals surface area contributed by atoms with Crippen LogP contribution in [0.1, 0.15) is 68.2 Å². The molecule has 2 amide bonds. The van der Waals surface area contributed by atoms with E-state index in [1.165, 1.54) is 9.80 Å². The highest BCUT2D eigenvalue weighted by atomic mass is 16.6. The van der Waals surface area contributed by atoms with E-state index in [1.54, 1.807) is 41.5 Å². The Labute approximate surface area is 189 Å². The minimum absolute atomic E-state index is 0.0732. The molecule has 0 radical (unpaired) electrons. The maximum atomic E-state index is 11.8. The van der Waals surface area contributed by atoms with Crippen LogP contribution in [0.2, 0.25) is 0 Å². The van der Waals surface area contributed by atoms with Gasteiger partial charge in [-0.3, -0.25) is 9.59 Å². The summed E-state index contributed by atoms with van der Waals surface area (Å²) in [6.07, 6.45) is 0.135. The third kappa shape index (κ3) is 8.55. The number of rotatable bonds is 2. The van der Waals surface area contributed by atoms with Gasteiger partial charge in [-0.05, 0) is 68.2 Å². The van der Waals surface area contributed by atoms with E-state index in [0.29, 0.717) is 12.8 Å². The van der Waals surface area contributed by atoms with E-state index >= 15 is 0 Å². The zero-order chi connectivity index (χ0) is 25.0. The largest absolute Gasteiger partial charge is 0.481 e. The van der Waals surface area contributed by atoms with Crippen molar-refractivity contribution in [2.24, 2.45) is 11.8 Å². The van der Waals surface area contributed by atoms with Crippen molar-refractivity contribution in [3.63, 3.8) is 0 Å². The average Bonchev–Trinajstić information content (AvgIpc) is 3.15. The highest BCUT2D eigenvalue weighted by Crippen LogP contribution is 2.26. The molecule has 184 valence electrons. The van der Waals surface area contributed by atoms with E-state index in [0.717, 1.165) is 0 Å². The lowest BCUT2D eigenvalue weighted by molar-refractivity contribution is -0.142. The fourth-order valence-electron chi connectivity index (χ4n) is 3.57. The number of hydrogen-bond acceptors (Lipinski definition) is 6. The van der Waals surface area contributed by atoms with E-state index in [2.05, 4.69) is 0 Å². The van der Waals surface area contributed by atoms with E-state index in [4.69, 9.17) is 19.7 Å². The Morgan fingerprint density at radius 2 is 0.969 bits per heavy atom. The van der Waals surface area contributed by atoms with Crippen LogP contribution >= 0.6 is 0 Å². The smallest absolute Gasteiger partial charge is 0.410 e. The second-order valence-electron chi connectivity index (χ2n) is 10.5. The normalized spacial score (nSPS) is 25.6. The summed E-state index contributed by atoms with van der Waals surface area (Å²) in [6.45, 7) is 14.9. The zero-order valence-electron chi connectivity index (χ0n) is 20.4. The van der Waals surface area contributed by atoms with Crippen molar-refractivity contribution in [2.75, 3.05) is 13.1 Å². The molecule has 2 aliphatic heterocycles. The predicted octanol–water partition coefficient (Wildman–Crippen LogP) is 3.43. The number of likely N-dealkylation sites (tertiary alicyclic amines) is 2. The van der Waals surface area contributed by atoms with E-state index in [-0.39, 0.29) is 25.2 Å². The van der Waals surface area contributed by atoms with Gasteiger partial charge in [0.25, 0.3) is 0 Å². The monoisotopic (exact) mass is 458 g/mol. The number of carbonyl (C=O) groups is 4. The van der Waals surface area contributed by atoms with Crippen LogP contribution in [-0.2, 0) is 19.1 Å². The summed E-state index contributed by atoms with van der Waals surface area (Å²) >= 11 is 0. The Bertz CT molecular complexity index is 650. The molecular weight excluding hydrogens is 420 g/mol. The maximum absolute atomic E-state index is 11.8. The Morgan fingerprint density at radius 1 is 0.688 bits per heavy atom. The lowest BCUT2D eigenvalue weighted by atomic mass is 10.1. The Kier molecular flexibility index (Phi) is 8.94. The van der Waals surface area contributed by atoms with Crippen molar-refractivity contribution in [3.05, 3.63) is 0 Å². The van der Waals surface area contributed by atoms with Gasteiger partial charge in [0.05, 0.1) is 11.8 Å². The van der Waals surface area contributed by atoms with Gasteiger partial charge in [-0.2, -0.15) is 0 Å². The first-order valence-electron chi connectivity index (χ1n) is 10.9. The number of amides is 2. The first kappa shape index (κ1) is 27.5. The molecule has 0 aromatic heterocycles. The lowest BCUT2D eigenvalue weighted by Crippen LogP contribution is -2.39. The van der Waals surface area contributed by atoms with Gasteiger partial charge < -0.3 is 29.5 Å². The quantitative estimate of drug-likeness (QED) is 0.643. The van der Waals surface area contributed by atoms with Crippen LogP contribution in [-0.4, -0.2) is 80.5 Å². The van der Waals surface area contributed by atoms with Gasteiger partial charge in [-0.15, -0.1) is 0 Å². The molecular formula is C22H38N2O8. The highest BCUT2D eigenvalue weighted by Gasteiger charge is 2.39. The van der Waals surface area contributed by atoms with Crippen LogP contribution in [0.5, 0.6) is 0 Å². The average molecular weight is 459 g/mol. The van der Waals surface area contributed by atoms with Crippen LogP contribution in [0.4, 0.5) is 9.59 Å². The first-order chi connectivity index (χ1) is 14.4. The number of hydrogen-bond donors (Lipinski definition) is 2. The molecule has 0 aliphatic carbocycles. The Morgan fingerprint density at radius 3 is 1.16 bits per heavy atom. The third-order valence-corrected chi connectivity index (χ3v) is 5.10. The Hall–Kier alpha value is -2.52. The van der Waals surface area contributed by atoms with Gasteiger partial charge in [0.1, 0.15) is 11.2 Å². The number of carboxylic acids is 2. The minimum atomic E-state index is -0.849. The van der Waals surface area contributed by atoms with Crippen LogP contribution in [0.25, 0.3) is 0 Å². The molecule has 2 fully saturated rings. The summed E-state index contributed by atoms with van der Waals surface area (Å²) in [5, 5.41) is 17.8. The molecule has 10 nitrogen and oxygen atoms in total. The van der Waals surface area contributed by atoms with Crippen molar-refractivity contribution in [3.8, 4) is 0 Å². The van der Waals surface area contributed by atoms with E-state index in [1.807, 2.05) is 13.8 Å². The van der Waals surface area contributed by atoms with Gasteiger partial charge in [0, 0.05) is 25.2 Å². The van der Waals surface area contributed by atoms with Crippen LogP contribution < -0.4 is 0 Å². The van der Waals surface area contributed by atoms with Gasteiger partial charge >= 0.3 is 24.1 Å². The number of carbonyl (C=O) groups excluding carboxylic acids is 2. The summed E-state index contributed by atoms with van der Waals surface area (Å²) in [4.78, 5) is 48.1. The lowest BCUT2D eigenvalue weighted by Gasteiger charge is -2.26. The summed E-state index contributed by atoms with van der Waals surface area (Å²) in [5.74, 6) is -2.64. The molecule has 2 aliphatic rings. The van der Waals surface area contributed by atoms with Crippen LogP contribution in [0.3, 0.4) is 0 Å². The van der Waals surface area contributed by atoms with Crippen molar-refractivity contribution in [1.82, 2.24) is 9.80 Å². The van der Waals surface area contributed by atoms with Crippen molar-refractivity contribution in [1.29, 1.82) is 0 Å². The van der Waals surface area contributed by atoms with Gasteiger partial charge in [-0.25, -0.2) is 9.59 Å². The standard InChI is InChI=1S/2C11H19NO4/c2*1-7-5-8(9(13)14)6-12(7)10(15)16-11(2,3)4/h2*7-8H,5-6H2,1-4H3,(H,13,14)/t2*7-,8+/m10/s1. The minimum Gasteiger partial charge on any atom is -0.481 e. The summed E-state index contributed by atoms with van der Waals surface area (Å²) in [7, 11) is 0. The SMILES string of the molecule is C[C@@H]1C[C@H](C(=O)O)CN1C(=O)OC(C)(C)C.C[C@H]1C[C@@H](C(=O)O)CN1C(=O)OC(C)(C)C. The summed E-state index contributed by atoms with van der Waals surface area (Å²) < 4.78 is 10.4. The molecule has 0 aromatic rings. The summed E-state index contributed by atoms with van der Waals surface area (Å²) in [5.41, 5.74) is -1.09. The predicted molar refractivity (Wildman–Crippen MR) is 116 cm³/mol. The second kappa shape index (κ2) is 10.4. The maximum Gasteiger partial charge on any atom is 0.410 e. The molecule has 2 heterocycles. The fourth-order valence-corrected chi connectivity index (χ4v) is 3.57. The molecule has 0 bridgehead atoms. The van der Waals surface area contributed by atoms with Gasteiger partial charge in [0.2, 0.25) is 0 Å². The van der Waals surface area contributed by atoms with E-state index in [9.17, 15) is 19.2 Å². The highest BCUT2D eigenvalue weighted by molar-refractivity contribution is 5.75. The second-order valence-corrected chi connectivity index (χ2v) is 10.5. The number of ether oxygens (including phenoxy) is 2. The molecule has 0 saturated carbocycles. The summed E-state index contributed by atoms with van der Waals surface area (Å²) in [6, 6.07) is -0.146. The molecule has 2 saturated heterocycles. The fraction of sp³-hybridized carbons (Fsp3) is 0.818. The molecule has 0 aromatic carbocycles. The van der Waals surface area contributed by atoms with Crippen molar-refractivity contribution >= 4 is 24.1 Å². The molecule has 10 heteroatoms. The molecule has 0 unspecified atom stereocenters. The van der Waals surface area contributed by atoms with E-state index < -0.39 is 47.2 Å². The van der Waals surface area contributed by atoms with Crippen LogP contribution in [0, 0.1) is 11.8 Å². The van der Waals surface area contributed by atoms with Gasteiger partial charge in [0.15, 0.2) is 0 Å².